The molecule has 0 atom stereocenters. The molecule has 0 fully saturated rings. The second kappa shape index (κ2) is 9.73. The highest BCUT2D eigenvalue weighted by Crippen LogP contribution is 2.37. The largest absolute Gasteiger partial charge is 0.493 e. The topological polar surface area (TPSA) is 94.7 Å². The Kier molecular flexibility index (Phi) is 7.61. The van der Waals surface area contributed by atoms with Crippen LogP contribution < -0.4 is 9.47 Å². The number of aromatic amines is 1. The van der Waals surface area contributed by atoms with Crippen LogP contribution in [0, 0.1) is 13.8 Å². The zero-order valence-corrected chi connectivity index (χ0v) is 18.7. The van der Waals surface area contributed by atoms with E-state index in [0.29, 0.717) is 39.4 Å². The van der Waals surface area contributed by atoms with E-state index < -0.39 is 18.4 Å². The standard InChI is InChI=1S/C21H24BrNO6/c1-6-7-28-20-15(22)8-14(9-17(20)27-5)21(26)29-10-16(25)19-11(2)18(13(4)24)12(3)23-19/h8-9,23H,6-7,10H2,1-5H3. The van der Waals surface area contributed by atoms with Gasteiger partial charge in [-0.3, -0.25) is 9.59 Å². The van der Waals surface area contributed by atoms with Crippen molar-refractivity contribution in [2.45, 2.75) is 34.1 Å². The monoisotopic (exact) mass is 465 g/mol. The maximum Gasteiger partial charge on any atom is 0.338 e. The van der Waals surface area contributed by atoms with E-state index in [-0.39, 0.29) is 17.0 Å². The van der Waals surface area contributed by atoms with Gasteiger partial charge in [-0.15, -0.1) is 0 Å². The summed E-state index contributed by atoms with van der Waals surface area (Å²) >= 11 is 3.37. The number of carbonyl (C=O) groups is 3. The molecule has 2 rings (SSSR count). The van der Waals surface area contributed by atoms with Gasteiger partial charge in [0.25, 0.3) is 0 Å². The van der Waals surface area contributed by atoms with E-state index in [0.717, 1.165) is 6.42 Å². The predicted octanol–water partition coefficient (Wildman–Crippen LogP) is 4.43. The number of esters is 1. The van der Waals surface area contributed by atoms with Gasteiger partial charge in [0.15, 0.2) is 23.9 Å². The summed E-state index contributed by atoms with van der Waals surface area (Å²) in [5.74, 6) is -0.341. The van der Waals surface area contributed by atoms with Crippen molar-refractivity contribution in [1.29, 1.82) is 0 Å². The first-order valence-corrected chi connectivity index (χ1v) is 9.91. The summed E-state index contributed by atoms with van der Waals surface area (Å²) in [6.07, 6.45) is 0.824. The number of Topliss-reactive ketones (excluding diaryl/α,β-unsaturated/α-hetero) is 2. The number of H-pyrrole nitrogens is 1. The van der Waals surface area contributed by atoms with Gasteiger partial charge in [0.1, 0.15) is 0 Å². The highest BCUT2D eigenvalue weighted by Gasteiger charge is 2.22. The molecule has 7 nitrogen and oxygen atoms in total. The third kappa shape index (κ3) is 5.06. The van der Waals surface area contributed by atoms with Gasteiger partial charge < -0.3 is 19.2 Å². The number of rotatable bonds is 9. The van der Waals surface area contributed by atoms with E-state index >= 15 is 0 Å². The summed E-state index contributed by atoms with van der Waals surface area (Å²) in [6, 6.07) is 3.05. The van der Waals surface area contributed by atoms with Crippen molar-refractivity contribution in [2.75, 3.05) is 20.3 Å². The Labute approximate surface area is 177 Å². The molecule has 0 radical (unpaired) electrons. The number of aryl methyl sites for hydroxylation is 1. The number of aromatic nitrogens is 1. The van der Waals surface area contributed by atoms with E-state index in [4.69, 9.17) is 14.2 Å². The average molecular weight is 466 g/mol. The van der Waals surface area contributed by atoms with Gasteiger partial charge in [0.2, 0.25) is 5.78 Å². The minimum absolute atomic E-state index is 0.130. The Morgan fingerprint density at radius 3 is 2.41 bits per heavy atom. The van der Waals surface area contributed by atoms with Gasteiger partial charge in [0.05, 0.1) is 29.4 Å². The number of halogens is 1. The molecule has 1 heterocycles. The number of ketones is 2. The molecular formula is C21H24BrNO6. The Morgan fingerprint density at radius 2 is 1.86 bits per heavy atom. The Hall–Kier alpha value is -2.61. The van der Waals surface area contributed by atoms with Crippen LogP contribution in [0.4, 0.5) is 0 Å². The van der Waals surface area contributed by atoms with E-state index in [1.807, 2.05) is 6.92 Å². The number of hydrogen-bond donors (Lipinski definition) is 1. The Morgan fingerprint density at radius 1 is 1.17 bits per heavy atom. The molecule has 8 heteroatoms. The van der Waals surface area contributed by atoms with Crippen molar-refractivity contribution in [1.82, 2.24) is 4.98 Å². The number of methoxy groups -OCH3 is 1. The van der Waals surface area contributed by atoms with E-state index in [2.05, 4.69) is 20.9 Å². The van der Waals surface area contributed by atoms with Crippen LogP contribution in [0.3, 0.4) is 0 Å². The molecule has 1 aromatic carbocycles. The molecule has 0 saturated heterocycles. The first kappa shape index (κ1) is 22.7. The average Bonchev–Trinajstić information content (AvgIpc) is 2.98. The van der Waals surface area contributed by atoms with Crippen molar-refractivity contribution in [3.63, 3.8) is 0 Å². The molecule has 1 N–H and O–H groups in total. The third-order valence-corrected chi connectivity index (χ3v) is 4.91. The molecular weight excluding hydrogens is 442 g/mol. The zero-order chi connectivity index (χ0) is 21.7. The normalized spacial score (nSPS) is 10.6. The molecule has 0 saturated carbocycles. The van der Waals surface area contributed by atoms with Crippen molar-refractivity contribution in [3.8, 4) is 11.5 Å². The summed E-state index contributed by atoms with van der Waals surface area (Å²) in [7, 11) is 1.47. The van der Waals surface area contributed by atoms with Crippen LogP contribution in [0.25, 0.3) is 0 Å². The molecule has 0 aliphatic carbocycles. The van der Waals surface area contributed by atoms with E-state index in [9.17, 15) is 14.4 Å². The molecule has 29 heavy (non-hydrogen) atoms. The van der Waals surface area contributed by atoms with Gasteiger partial charge in [-0.05, 0) is 60.8 Å². The smallest absolute Gasteiger partial charge is 0.338 e. The maximum atomic E-state index is 12.5. The van der Waals surface area contributed by atoms with Crippen molar-refractivity contribution >= 4 is 33.5 Å². The first-order chi connectivity index (χ1) is 13.7. The van der Waals surface area contributed by atoms with Crippen LogP contribution in [-0.4, -0.2) is 42.8 Å². The molecule has 0 bridgehead atoms. The molecule has 0 unspecified atom stereocenters. The number of ether oxygens (including phenoxy) is 3. The van der Waals surface area contributed by atoms with Crippen LogP contribution >= 0.6 is 15.9 Å². The highest BCUT2D eigenvalue weighted by atomic mass is 79.9. The van der Waals surface area contributed by atoms with E-state index in [1.165, 1.54) is 20.1 Å². The molecule has 0 aliphatic rings. The summed E-state index contributed by atoms with van der Waals surface area (Å²) in [4.78, 5) is 39.5. The van der Waals surface area contributed by atoms with Gasteiger partial charge in [-0.2, -0.15) is 0 Å². The molecule has 0 spiro atoms. The lowest BCUT2D eigenvalue weighted by Crippen LogP contribution is -2.16. The molecule has 0 aliphatic heterocycles. The summed E-state index contributed by atoms with van der Waals surface area (Å²) < 4.78 is 16.7. The molecule has 1 aromatic heterocycles. The van der Waals surface area contributed by atoms with Gasteiger partial charge in [-0.1, -0.05) is 6.92 Å². The minimum atomic E-state index is -0.674. The molecule has 156 valence electrons. The summed E-state index contributed by atoms with van der Waals surface area (Å²) in [6.45, 7) is 6.88. The summed E-state index contributed by atoms with van der Waals surface area (Å²) in [5.41, 5.74) is 2.13. The van der Waals surface area contributed by atoms with Crippen molar-refractivity contribution < 1.29 is 28.6 Å². The lowest BCUT2D eigenvalue weighted by Gasteiger charge is -2.13. The predicted molar refractivity (Wildman–Crippen MR) is 111 cm³/mol. The second-order valence-corrected chi connectivity index (χ2v) is 7.37. The zero-order valence-electron chi connectivity index (χ0n) is 17.1. The Balaban J connectivity index is 2.15. The van der Waals surface area contributed by atoms with Crippen LogP contribution in [0.2, 0.25) is 0 Å². The lowest BCUT2D eigenvalue weighted by molar-refractivity contribution is 0.0473. The molecule has 0 amide bonds. The fraction of sp³-hybridized carbons (Fsp3) is 0.381. The maximum absolute atomic E-state index is 12.5. The number of carbonyl (C=O) groups excluding carboxylic acids is 3. The Bertz CT molecular complexity index is 947. The van der Waals surface area contributed by atoms with Crippen LogP contribution in [0.5, 0.6) is 11.5 Å². The van der Waals surface area contributed by atoms with E-state index in [1.54, 1.807) is 19.9 Å². The number of benzene rings is 1. The SMILES string of the molecule is CCCOc1c(Br)cc(C(=O)OCC(=O)c2[nH]c(C)c(C(C)=O)c2C)cc1OC. The van der Waals surface area contributed by atoms with Crippen molar-refractivity contribution in [2.24, 2.45) is 0 Å². The van der Waals surface area contributed by atoms with Crippen LogP contribution in [-0.2, 0) is 4.74 Å². The second-order valence-electron chi connectivity index (χ2n) is 6.52. The fourth-order valence-electron chi connectivity index (χ4n) is 3.03. The fourth-order valence-corrected chi connectivity index (χ4v) is 3.58. The third-order valence-electron chi connectivity index (χ3n) is 4.32. The lowest BCUT2D eigenvalue weighted by atomic mass is 10.1. The van der Waals surface area contributed by atoms with Crippen molar-refractivity contribution in [3.05, 3.63) is 44.7 Å². The quantitative estimate of drug-likeness (QED) is 0.434. The minimum Gasteiger partial charge on any atom is -0.493 e. The number of hydrogen-bond acceptors (Lipinski definition) is 6. The number of nitrogens with one attached hydrogen (secondary N) is 1. The van der Waals surface area contributed by atoms with Gasteiger partial charge in [0, 0.05) is 11.3 Å². The van der Waals surface area contributed by atoms with Gasteiger partial charge >= 0.3 is 5.97 Å². The first-order valence-electron chi connectivity index (χ1n) is 9.11. The highest BCUT2D eigenvalue weighted by molar-refractivity contribution is 9.10. The molecule has 2 aromatic rings. The van der Waals surface area contributed by atoms with Gasteiger partial charge in [-0.25, -0.2) is 4.79 Å². The summed E-state index contributed by atoms with van der Waals surface area (Å²) in [5, 5.41) is 0. The van der Waals surface area contributed by atoms with Crippen LogP contribution in [0.15, 0.2) is 16.6 Å². The van der Waals surface area contributed by atoms with Crippen LogP contribution in [0.1, 0.15) is 62.7 Å².